The average molecular weight is 444 g/mol. The first kappa shape index (κ1) is 20.4. The number of rotatable bonds is 4. The van der Waals surface area contributed by atoms with Crippen molar-refractivity contribution in [3.05, 3.63) is 75.3 Å². The van der Waals surface area contributed by atoms with Gasteiger partial charge < -0.3 is 9.80 Å². The maximum atomic E-state index is 12.8. The van der Waals surface area contributed by atoms with E-state index in [0.717, 1.165) is 11.3 Å². The van der Waals surface area contributed by atoms with E-state index < -0.39 is 0 Å². The molecule has 0 atom stereocenters. The average Bonchev–Trinajstić information content (AvgIpc) is 2.78. The molecule has 1 amide bonds. The van der Waals surface area contributed by atoms with E-state index in [9.17, 15) is 9.59 Å². The number of piperazine rings is 1. The Labute approximate surface area is 183 Å². The molecule has 3 aromatic rings. The highest BCUT2D eigenvalue weighted by molar-refractivity contribution is 6.42. The summed E-state index contributed by atoms with van der Waals surface area (Å²) in [6.07, 6.45) is 3.32. The van der Waals surface area contributed by atoms with Crippen molar-refractivity contribution in [2.45, 2.75) is 6.54 Å². The van der Waals surface area contributed by atoms with E-state index >= 15 is 0 Å². The van der Waals surface area contributed by atoms with Crippen molar-refractivity contribution in [2.24, 2.45) is 0 Å². The summed E-state index contributed by atoms with van der Waals surface area (Å²) in [5, 5.41) is 5.37. The third-order valence-corrected chi connectivity index (χ3v) is 5.77. The Bertz CT molecular complexity index is 1110. The Morgan fingerprint density at radius 2 is 1.67 bits per heavy atom. The van der Waals surface area contributed by atoms with Crippen LogP contribution in [-0.2, 0) is 11.3 Å². The first-order valence-electron chi connectivity index (χ1n) is 9.47. The largest absolute Gasteiger partial charge is 0.368 e. The summed E-state index contributed by atoms with van der Waals surface area (Å²) < 4.78 is 1.21. The minimum Gasteiger partial charge on any atom is -0.368 e. The van der Waals surface area contributed by atoms with Crippen molar-refractivity contribution in [1.82, 2.24) is 19.7 Å². The van der Waals surface area contributed by atoms with Gasteiger partial charge in [-0.25, -0.2) is 4.68 Å². The van der Waals surface area contributed by atoms with E-state index in [0.29, 0.717) is 41.9 Å². The molecule has 7 nitrogen and oxygen atoms in total. The molecule has 1 aromatic carbocycles. The number of anilines is 1. The fourth-order valence-corrected chi connectivity index (χ4v) is 3.66. The summed E-state index contributed by atoms with van der Waals surface area (Å²) in [5.74, 6) is -0.134. The molecule has 0 unspecified atom stereocenters. The smallest absolute Gasteiger partial charge is 0.267 e. The Balaban J connectivity index is 1.41. The van der Waals surface area contributed by atoms with Crippen LogP contribution in [0.4, 0.5) is 5.69 Å². The van der Waals surface area contributed by atoms with E-state index in [2.05, 4.69) is 15.0 Å². The lowest BCUT2D eigenvalue weighted by atomic mass is 10.2. The quantitative estimate of drug-likeness (QED) is 0.619. The highest BCUT2D eigenvalue weighted by atomic mass is 35.5. The van der Waals surface area contributed by atoms with Crippen molar-refractivity contribution >= 4 is 34.8 Å². The van der Waals surface area contributed by atoms with Gasteiger partial charge in [0.1, 0.15) is 6.54 Å². The van der Waals surface area contributed by atoms with Gasteiger partial charge in [0.05, 0.1) is 15.7 Å². The molecule has 0 aliphatic carbocycles. The number of carbonyl (C=O) groups excluding carboxylic acids is 1. The number of hydrogen-bond acceptors (Lipinski definition) is 5. The van der Waals surface area contributed by atoms with Crippen LogP contribution in [0.1, 0.15) is 0 Å². The van der Waals surface area contributed by atoms with Crippen molar-refractivity contribution in [1.29, 1.82) is 0 Å². The standard InChI is InChI=1S/C21H19Cl2N5O2/c22-17-2-1-16(13-18(17)23)26-9-11-27(12-10-26)21(30)14-28-20(29)4-3-19(25-28)15-5-7-24-8-6-15/h1-8,13H,9-12,14H2. The second-order valence-electron chi connectivity index (χ2n) is 6.92. The van der Waals surface area contributed by atoms with Crippen LogP contribution in [0.25, 0.3) is 11.3 Å². The van der Waals surface area contributed by atoms with Gasteiger partial charge in [-0.2, -0.15) is 5.10 Å². The van der Waals surface area contributed by atoms with Crippen molar-refractivity contribution < 1.29 is 4.79 Å². The van der Waals surface area contributed by atoms with Crippen molar-refractivity contribution in [3.8, 4) is 11.3 Å². The first-order chi connectivity index (χ1) is 14.5. The lowest BCUT2D eigenvalue weighted by Gasteiger charge is -2.36. The highest BCUT2D eigenvalue weighted by Gasteiger charge is 2.22. The predicted octanol–water partition coefficient (Wildman–Crippen LogP) is 2.96. The van der Waals surface area contributed by atoms with Crippen LogP contribution >= 0.6 is 23.2 Å². The third kappa shape index (κ3) is 4.47. The molecule has 4 rings (SSSR count). The molecule has 0 bridgehead atoms. The highest BCUT2D eigenvalue weighted by Crippen LogP contribution is 2.27. The van der Waals surface area contributed by atoms with Crippen molar-refractivity contribution in [2.75, 3.05) is 31.1 Å². The molecule has 0 saturated carbocycles. The number of halogens is 2. The SMILES string of the molecule is O=C(Cn1nc(-c2ccncc2)ccc1=O)N1CCN(c2ccc(Cl)c(Cl)c2)CC1. The zero-order chi connectivity index (χ0) is 21.1. The van der Waals surface area contributed by atoms with E-state index in [1.807, 2.05) is 12.1 Å². The van der Waals surface area contributed by atoms with Gasteiger partial charge in [-0.15, -0.1) is 0 Å². The number of pyridine rings is 1. The number of nitrogens with zero attached hydrogens (tertiary/aromatic N) is 5. The predicted molar refractivity (Wildman–Crippen MR) is 117 cm³/mol. The second kappa shape index (κ2) is 8.85. The maximum absolute atomic E-state index is 12.8. The summed E-state index contributed by atoms with van der Waals surface area (Å²) in [6, 6.07) is 12.2. The minimum atomic E-state index is -0.310. The summed E-state index contributed by atoms with van der Waals surface area (Å²) in [5.41, 5.74) is 2.12. The molecule has 154 valence electrons. The zero-order valence-corrected chi connectivity index (χ0v) is 17.6. The van der Waals surface area contributed by atoms with Crippen LogP contribution in [0.2, 0.25) is 10.0 Å². The zero-order valence-electron chi connectivity index (χ0n) is 16.0. The van der Waals surface area contributed by atoms with E-state index in [1.165, 1.54) is 10.7 Å². The van der Waals surface area contributed by atoms with Gasteiger partial charge in [-0.1, -0.05) is 23.2 Å². The Morgan fingerprint density at radius 3 is 2.37 bits per heavy atom. The molecular weight excluding hydrogens is 425 g/mol. The second-order valence-corrected chi connectivity index (χ2v) is 7.73. The van der Waals surface area contributed by atoms with Crippen LogP contribution < -0.4 is 10.5 Å². The van der Waals surface area contributed by atoms with Gasteiger partial charge in [0.15, 0.2) is 0 Å². The van der Waals surface area contributed by atoms with Gasteiger partial charge >= 0.3 is 0 Å². The van der Waals surface area contributed by atoms with Gasteiger partial charge in [-0.05, 0) is 36.4 Å². The molecule has 1 aliphatic heterocycles. The summed E-state index contributed by atoms with van der Waals surface area (Å²) in [4.78, 5) is 32.9. The molecule has 0 radical (unpaired) electrons. The van der Waals surface area contributed by atoms with E-state index in [1.54, 1.807) is 41.6 Å². The normalized spacial score (nSPS) is 14.1. The molecule has 0 spiro atoms. The molecule has 1 aliphatic rings. The van der Waals surface area contributed by atoms with Crippen LogP contribution in [0, 0.1) is 0 Å². The summed E-state index contributed by atoms with van der Waals surface area (Å²) in [7, 11) is 0. The number of hydrogen-bond donors (Lipinski definition) is 0. The lowest BCUT2D eigenvalue weighted by Crippen LogP contribution is -2.50. The molecule has 1 fully saturated rings. The fraction of sp³-hybridized carbons (Fsp3) is 0.238. The third-order valence-electron chi connectivity index (χ3n) is 5.03. The first-order valence-corrected chi connectivity index (χ1v) is 10.2. The minimum absolute atomic E-state index is 0.0927. The van der Waals surface area contributed by atoms with Gasteiger partial charge in [-0.3, -0.25) is 14.6 Å². The Morgan fingerprint density at radius 1 is 0.933 bits per heavy atom. The molecular formula is C21H19Cl2N5O2. The number of benzene rings is 1. The molecule has 30 heavy (non-hydrogen) atoms. The Kier molecular flexibility index (Phi) is 6.01. The number of carbonyl (C=O) groups is 1. The lowest BCUT2D eigenvalue weighted by molar-refractivity contribution is -0.132. The maximum Gasteiger partial charge on any atom is 0.267 e. The molecule has 3 heterocycles. The molecule has 0 N–H and O–H groups in total. The van der Waals surface area contributed by atoms with Gasteiger partial charge in [0.2, 0.25) is 5.91 Å². The van der Waals surface area contributed by atoms with Gasteiger partial charge in [0.25, 0.3) is 5.56 Å². The van der Waals surface area contributed by atoms with E-state index in [-0.39, 0.29) is 18.0 Å². The molecule has 1 saturated heterocycles. The summed E-state index contributed by atoms with van der Waals surface area (Å²) in [6.45, 7) is 2.35. The van der Waals surface area contributed by atoms with Crippen LogP contribution in [-0.4, -0.2) is 51.8 Å². The summed E-state index contributed by atoms with van der Waals surface area (Å²) >= 11 is 12.1. The fourth-order valence-electron chi connectivity index (χ4n) is 3.36. The monoisotopic (exact) mass is 443 g/mol. The van der Waals surface area contributed by atoms with Crippen molar-refractivity contribution in [3.63, 3.8) is 0 Å². The number of amides is 1. The topological polar surface area (TPSA) is 71.3 Å². The van der Waals surface area contributed by atoms with E-state index in [4.69, 9.17) is 23.2 Å². The van der Waals surface area contributed by atoms with Crippen LogP contribution in [0.3, 0.4) is 0 Å². The van der Waals surface area contributed by atoms with Crippen LogP contribution in [0.15, 0.2) is 59.7 Å². The van der Waals surface area contributed by atoms with Crippen LogP contribution in [0.5, 0.6) is 0 Å². The van der Waals surface area contributed by atoms with Gasteiger partial charge in [0, 0.05) is 55.9 Å². The number of aromatic nitrogens is 3. The molecule has 2 aromatic heterocycles. The Hall–Kier alpha value is -2.90. The molecule has 9 heteroatoms.